The van der Waals surface area contributed by atoms with Gasteiger partial charge >= 0.3 is 0 Å². The summed E-state index contributed by atoms with van der Waals surface area (Å²) in [6, 6.07) is 39.8. The summed E-state index contributed by atoms with van der Waals surface area (Å²) in [6.07, 6.45) is 0. The fraction of sp³-hybridized carbons (Fsp3) is 0.0769. The van der Waals surface area contributed by atoms with Crippen molar-refractivity contribution in [2.45, 2.75) is 13.5 Å². The van der Waals surface area contributed by atoms with Gasteiger partial charge in [-0.05, 0) is 39.2 Å². The molecule has 0 heterocycles. The molecule has 0 aliphatic heterocycles. The Bertz CT molecular complexity index is 979. The van der Waals surface area contributed by atoms with Crippen LogP contribution in [-0.2, 0) is 0 Å². The summed E-state index contributed by atoms with van der Waals surface area (Å²) in [4.78, 5) is 0. The molecule has 0 aliphatic rings. The molecule has 1 heteroatoms. The van der Waals surface area contributed by atoms with Gasteiger partial charge in [0.15, 0.2) is 0 Å². The van der Waals surface area contributed by atoms with E-state index in [1.54, 1.807) is 0 Å². The molecule has 4 aromatic carbocycles. The van der Waals surface area contributed by atoms with Crippen LogP contribution in [0.3, 0.4) is 0 Å². The molecule has 0 bridgehead atoms. The van der Waals surface area contributed by atoms with Crippen LogP contribution in [0.4, 0.5) is 0 Å². The second kappa shape index (κ2) is 7.38. The highest BCUT2D eigenvalue weighted by molar-refractivity contribution is 7.10. The Labute approximate surface area is 163 Å². The molecule has 0 saturated carbocycles. The highest BCUT2D eigenvalue weighted by Crippen LogP contribution is 2.22. The van der Waals surface area contributed by atoms with Gasteiger partial charge in [-0.25, -0.2) is 0 Å². The first kappa shape index (κ1) is 17.5. The Morgan fingerprint density at radius 3 is 1.44 bits per heavy atom. The molecule has 4 rings (SSSR count). The van der Waals surface area contributed by atoms with Crippen molar-refractivity contribution < 1.29 is 0 Å². The Kier molecular flexibility index (Phi) is 4.78. The average molecular weight is 365 g/mol. The van der Waals surface area contributed by atoms with Crippen molar-refractivity contribution in [3.05, 3.63) is 115 Å². The average Bonchev–Trinajstić information content (AvgIpc) is 2.75. The monoisotopic (exact) mass is 364 g/mol. The lowest BCUT2D eigenvalue weighted by Gasteiger charge is -2.29. The van der Waals surface area contributed by atoms with Gasteiger partial charge in [0.25, 0.3) is 0 Å². The minimum absolute atomic E-state index is 1.29. The van der Waals surface area contributed by atoms with Crippen LogP contribution in [0.1, 0.15) is 5.56 Å². The summed E-state index contributed by atoms with van der Waals surface area (Å²) in [7, 11) is -2.02. The standard InChI is InChI=1S/C26H24Si/c1-21-11-9-10-16-26(21)22-17-19-25(20-18-22)27(2,23-12-5-3-6-13-23)24-14-7-4-8-15-24/h3-20H,1-2H3. The third-order valence-electron chi connectivity index (χ3n) is 5.62. The number of benzene rings is 4. The smallest absolute Gasteiger partial charge is 0.0624 e. The van der Waals surface area contributed by atoms with Gasteiger partial charge in [-0.2, -0.15) is 0 Å². The first-order valence-corrected chi connectivity index (χ1v) is 12.0. The van der Waals surface area contributed by atoms with Crippen LogP contribution >= 0.6 is 0 Å². The van der Waals surface area contributed by atoms with E-state index in [4.69, 9.17) is 0 Å². The van der Waals surface area contributed by atoms with Crippen molar-refractivity contribution >= 4 is 23.6 Å². The van der Waals surface area contributed by atoms with E-state index >= 15 is 0 Å². The van der Waals surface area contributed by atoms with Crippen LogP contribution in [0, 0.1) is 6.92 Å². The van der Waals surface area contributed by atoms with Crippen LogP contribution in [0.5, 0.6) is 0 Å². The summed E-state index contributed by atoms with van der Waals surface area (Å²) in [5.74, 6) is 0. The topological polar surface area (TPSA) is 0 Å². The molecule has 0 atom stereocenters. The normalized spacial score (nSPS) is 11.3. The van der Waals surface area contributed by atoms with Crippen LogP contribution in [-0.4, -0.2) is 8.07 Å². The van der Waals surface area contributed by atoms with Gasteiger partial charge in [-0.3, -0.25) is 0 Å². The molecular formula is C26H24Si. The largest absolute Gasteiger partial charge is 0.145 e. The zero-order valence-corrected chi connectivity index (χ0v) is 16.9. The predicted molar refractivity (Wildman–Crippen MR) is 120 cm³/mol. The van der Waals surface area contributed by atoms with Gasteiger partial charge in [0.1, 0.15) is 8.07 Å². The molecule has 0 amide bonds. The lowest BCUT2D eigenvalue weighted by atomic mass is 10.0. The van der Waals surface area contributed by atoms with E-state index in [-0.39, 0.29) is 0 Å². The molecule has 0 radical (unpaired) electrons. The lowest BCUT2D eigenvalue weighted by Crippen LogP contribution is -2.64. The van der Waals surface area contributed by atoms with Gasteiger partial charge in [0, 0.05) is 0 Å². The summed E-state index contributed by atoms with van der Waals surface area (Å²) < 4.78 is 0. The zero-order chi connectivity index (χ0) is 18.7. The van der Waals surface area contributed by atoms with Gasteiger partial charge in [0.2, 0.25) is 0 Å². The van der Waals surface area contributed by atoms with Gasteiger partial charge < -0.3 is 0 Å². The lowest BCUT2D eigenvalue weighted by molar-refractivity contribution is 1.46. The molecule has 0 spiro atoms. The summed E-state index contributed by atoms with van der Waals surface area (Å²) in [6.45, 7) is 4.64. The Morgan fingerprint density at radius 1 is 0.481 bits per heavy atom. The SMILES string of the molecule is Cc1ccccc1-c1ccc([Si](C)(c2ccccc2)c2ccccc2)cc1. The van der Waals surface area contributed by atoms with Crippen molar-refractivity contribution in [2.75, 3.05) is 0 Å². The van der Waals surface area contributed by atoms with Crippen molar-refractivity contribution in [1.82, 2.24) is 0 Å². The number of hydrogen-bond acceptors (Lipinski definition) is 0. The molecule has 4 aromatic rings. The van der Waals surface area contributed by atoms with E-state index in [2.05, 4.69) is 123 Å². The van der Waals surface area contributed by atoms with Crippen LogP contribution in [0.2, 0.25) is 6.55 Å². The zero-order valence-electron chi connectivity index (χ0n) is 15.9. The Morgan fingerprint density at radius 2 is 0.926 bits per heavy atom. The van der Waals surface area contributed by atoms with Gasteiger partial charge in [-0.1, -0.05) is 116 Å². The fourth-order valence-corrected chi connectivity index (χ4v) is 7.47. The maximum Gasteiger partial charge on any atom is 0.145 e. The predicted octanol–water partition coefficient (Wildman–Crippen LogP) is 4.76. The first-order chi connectivity index (χ1) is 13.2. The maximum atomic E-state index is 2.46. The molecule has 0 N–H and O–H groups in total. The quantitative estimate of drug-likeness (QED) is 0.362. The molecule has 0 nitrogen and oxygen atoms in total. The third-order valence-corrected chi connectivity index (χ3v) is 10.1. The minimum Gasteiger partial charge on any atom is -0.0624 e. The molecule has 0 fully saturated rings. The minimum atomic E-state index is -2.02. The van der Waals surface area contributed by atoms with E-state index < -0.39 is 8.07 Å². The van der Waals surface area contributed by atoms with Crippen molar-refractivity contribution in [3.8, 4) is 11.1 Å². The van der Waals surface area contributed by atoms with Crippen molar-refractivity contribution in [2.24, 2.45) is 0 Å². The van der Waals surface area contributed by atoms with Gasteiger partial charge in [0.05, 0.1) is 0 Å². The van der Waals surface area contributed by atoms with Crippen LogP contribution in [0.25, 0.3) is 11.1 Å². The second-order valence-corrected chi connectivity index (χ2v) is 11.2. The molecule has 0 unspecified atom stereocenters. The number of aryl methyl sites for hydroxylation is 1. The van der Waals surface area contributed by atoms with E-state index in [0.29, 0.717) is 0 Å². The Hall–Kier alpha value is -2.90. The summed E-state index contributed by atoms with van der Waals surface area (Å²) >= 11 is 0. The summed E-state index contributed by atoms with van der Waals surface area (Å²) in [5.41, 5.74) is 3.91. The van der Waals surface area contributed by atoms with Gasteiger partial charge in [-0.15, -0.1) is 0 Å². The molecule has 27 heavy (non-hydrogen) atoms. The second-order valence-electron chi connectivity index (χ2n) is 7.25. The van der Waals surface area contributed by atoms with E-state index in [1.165, 1.54) is 32.3 Å². The van der Waals surface area contributed by atoms with Crippen molar-refractivity contribution in [3.63, 3.8) is 0 Å². The molecule has 0 aliphatic carbocycles. The van der Waals surface area contributed by atoms with Crippen molar-refractivity contribution in [1.29, 1.82) is 0 Å². The molecule has 132 valence electrons. The number of hydrogen-bond donors (Lipinski definition) is 0. The fourth-order valence-electron chi connectivity index (χ4n) is 3.92. The third kappa shape index (κ3) is 3.27. The van der Waals surface area contributed by atoms with E-state index in [1.807, 2.05) is 0 Å². The first-order valence-electron chi connectivity index (χ1n) is 9.47. The number of rotatable bonds is 4. The van der Waals surface area contributed by atoms with Crippen LogP contribution in [0.15, 0.2) is 109 Å². The molecular weight excluding hydrogens is 340 g/mol. The maximum absolute atomic E-state index is 2.46. The Balaban J connectivity index is 1.83. The van der Waals surface area contributed by atoms with E-state index in [9.17, 15) is 0 Å². The summed E-state index contributed by atoms with van der Waals surface area (Å²) in [5, 5.41) is 4.33. The molecule has 0 aromatic heterocycles. The highest BCUT2D eigenvalue weighted by Gasteiger charge is 2.33. The van der Waals surface area contributed by atoms with E-state index in [0.717, 1.165) is 0 Å². The molecule has 0 saturated heterocycles. The van der Waals surface area contributed by atoms with Crippen LogP contribution < -0.4 is 15.6 Å². The highest BCUT2D eigenvalue weighted by atomic mass is 28.3.